The van der Waals surface area contributed by atoms with Gasteiger partial charge in [-0.05, 0) is 31.7 Å². The summed E-state index contributed by atoms with van der Waals surface area (Å²) in [6, 6.07) is 8.27. The van der Waals surface area contributed by atoms with Crippen LogP contribution in [0.1, 0.15) is 56.6 Å². The lowest BCUT2D eigenvalue weighted by atomic mass is 9.82. The number of ether oxygens (including phenoxy) is 1. The summed E-state index contributed by atoms with van der Waals surface area (Å²) in [5.74, 6) is -0.435. The second-order valence-electron chi connectivity index (χ2n) is 6.27. The van der Waals surface area contributed by atoms with E-state index in [1.165, 1.54) is 12.7 Å². The maximum absolute atomic E-state index is 12.3. The zero-order valence-corrected chi connectivity index (χ0v) is 15.3. The molecule has 0 heterocycles. The molecule has 0 aromatic heterocycles. The smallest absolute Gasteiger partial charge is 0.309 e. The number of halogens is 1. The molecule has 1 aromatic carbocycles. The largest absolute Gasteiger partial charge is 0.469 e. The summed E-state index contributed by atoms with van der Waals surface area (Å²) in [4.78, 5) is 16.7. The number of esters is 1. The van der Waals surface area contributed by atoms with Crippen LogP contribution in [0.25, 0.3) is 0 Å². The van der Waals surface area contributed by atoms with Gasteiger partial charge in [0, 0.05) is 18.2 Å². The predicted octanol–water partition coefficient (Wildman–Crippen LogP) is 4.88. The van der Waals surface area contributed by atoms with Gasteiger partial charge in [0.2, 0.25) is 0 Å². The molecule has 2 atom stereocenters. The van der Waals surface area contributed by atoms with Crippen LogP contribution >= 0.6 is 0 Å². The molecule has 4 heteroatoms. The number of carbonyl (C=O) groups is 1. The first-order valence-corrected chi connectivity index (χ1v) is 8.76. The second kappa shape index (κ2) is 11.0. The maximum atomic E-state index is 12.3. The monoisotopic (exact) mass is 335 g/mol. The number of aliphatic imine (C=N–C) groups is 1. The summed E-state index contributed by atoms with van der Waals surface area (Å²) >= 11 is 0. The van der Waals surface area contributed by atoms with Gasteiger partial charge in [-0.15, -0.1) is 0 Å². The molecule has 0 aliphatic carbocycles. The Morgan fingerprint density at radius 1 is 1.29 bits per heavy atom. The van der Waals surface area contributed by atoms with Gasteiger partial charge in [0.25, 0.3) is 0 Å². The number of aryl methyl sites for hydroxylation is 1. The van der Waals surface area contributed by atoms with E-state index in [-0.39, 0.29) is 24.5 Å². The number of hydrogen-bond donors (Lipinski definition) is 0. The normalized spacial score (nSPS) is 14.3. The molecule has 0 spiro atoms. The van der Waals surface area contributed by atoms with Crippen LogP contribution in [0, 0.1) is 12.8 Å². The topological polar surface area (TPSA) is 38.7 Å². The molecule has 2 unspecified atom stereocenters. The first-order chi connectivity index (χ1) is 11.5. The molecule has 0 saturated carbocycles. The summed E-state index contributed by atoms with van der Waals surface area (Å²) in [6.07, 6.45) is 3.03. The van der Waals surface area contributed by atoms with Gasteiger partial charge in [0.05, 0.1) is 19.7 Å². The van der Waals surface area contributed by atoms with E-state index in [0.717, 1.165) is 24.1 Å². The van der Waals surface area contributed by atoms with Gasteiger partial charge < -0.3 is 4.74 Å². The molecule has 0 fully saturated rings. The summed E-state index contributed by atoms with van der Waals surface area (Å²) < 4.78 is 17.3. The maximum Gasteiger partial charge on any atom is 0.309 e. The van der Waals surface area contributed by atoms with E-state index in [4.69, 9.17) is 4.74 Å². The van der Waals surface area contributed by atoms with Crippen molar-refractivity contribution < 1.29 is 13.9 Å². The van der Waals surface area contributed by atoms with Crippen molar-refractivity contribution in [2.75, 3.05) is 20.3 Å². The van der Waals surface area contributed by atoms with Crippen molar-refractivity contribution in [3.05, 3.63) is 35.4 Å². The van der Waals surface area contributed by atoms with Crippen molar-refractivity contribution in [1.29, 1.82) is 0 Å². The lowest BCUT2D eigenvalue weighted by Gasteiger charge is -2.24. The number of nitrogens with zero attached hydrogens (tertiary/aromatic N) is 1. The third-order valence-corrected chi connectivity index (χ3v) is 4.30. The van der Waals surface area contributed by atoms with Gasteiger partial charge in [0.15, 0.2) is 0 Å². The van der Waals surface area contributed by atoms with Crippen LogP contribution in [-0.4, -0.2) is 32.0 Å². The minimum absolute atomic E-state index is 0.0220. The molecular weight excluding hydrogens is 305 g/mol. The molecular formula is C20H30FNO2. The Balaban J connectivity index is 3.04. The average molecular weight is 335 g/mol. The quantitative estimate of drug-likeness (QED) is 0.347. The Hall–Kier alpha value is -1.71. The molecule has 1 aromatic rings. The average Bonchev–Trinajstić information content (AvgIpc) is 2.59. The fourth-order valence-electron chi connectivity index (χ4n) is 2.83. The minimum Gasteiger partial charge on any atom is -0.469 e. The van der Waals surface area contributed by atoms with Crippen molar-refractivity contribution >= 4 is 11.7 Å². The molecule has 0 saturated heterocycles. The summed E-state index contributed by atoms with van der Waals surface area (Å²) in [6.45, 7) is 6.22. The Kier molecular flexibility index (Phi) is 9.28. The fourth-order valence-corrected chi connectivity index (χ4v) is 2.83. The van der Waals surface area contributed by atoms with Gasteiger partial charge in [-0.1, -0.05) is 50.1 Å². The highest BCUT2D eigenvalue weighted by molar-refractivity contribution is 5.86. The van der Waals surface area contributed by atoms with Crippen molar-refractivity contribution in [2.24, 2.45) is 10.9 Å². The number of methoxy groups -OCH3 is 1. The van der Waals surface area contributed by atoms with Gasteiger partial charge in [-0.2, -0.15) is 0 Å². The standard InChI is InChI=1S/C20H30FNO2/c1-5-7-18(22-13-6-12-21)14-19(16(3)20(23)24-4)17-10-8-15(2)9-11-17/h8-11,16,19H,5-7,12-14H2,1-4H3. The van der Waals surface area contributed by atoms with Gasteiger partial charge in [-0.25, -0.2) is 0 Å². The van der Waals surface area contributed by atoms with E-state index in [9.17, 15) is 9.18 Å². The van der Waals surface area contributed by atoms with Crippen LogP contribution in [0.15, 0.2) is 29.3 Å². The van der Waals surface area contributed by atoms with Crippen LogP contribution in [-0.2, 0) is 9.53 Å². The Morgan fingerprint density at radius 2 is 1.96 bits per heavy atom. The summed E-state index contributed by atoms with van der Waals surface area (Å²) in [5.41, 5.74) is 3.37. The van der Waals surface area contributed by atoms with E-state index in [1.807, 2.05) is 13.8 Å². The molecule has 0 aliphatic heterocycles. The van der Waals surface area contributed by atoms with Crippen LogP contribution in [0.3, 0.4) is 0 Å². The first kappa shape index (κ1) is 20.3. The minimum atomic E-state index is -0.344. The highest BCUT2D eigenvalue weighted by Gasteiger charge is 2.27. The first-order valence-electron chi connectivity index (χ1n) is 8.76. The van der Waals surface area contributed by atoms with Gasteiger partial charge in [-0.3, -0.25) is 14.2 Å². The number of rotatable bonds is 10. The number of benzene rings is 1. The number of hydrogen-bond acceptors (Lipinski definition) is 3. The van der Waals surface area contributed by atoms with Gasteiger partial charge in [0.1, 0.15) is 0 Å². The van der Waals surface area contributed by atoms with E-state index in [0.29, 0.717) is 19.4 Å². The molecule has 0 N–H and O–H groups in total. The zero-order chi connectivity index (χ0) is 17.9. The molecule has 1 rings (SSSR count). The van der Waals surface area contributed by atoms with Crippen molar-refractivity contribution in [2.45, 2.75) is 52.4 Å². The molecule has 0 amide bonds. The number of carbonyl (C=O) groups excluding carboxylic acids is 1. The van der Waals surface area contributed by atoms with Gasteiger partial charge >= 0.3 is 5.97 Å². The van der Waals surface area contributed by atoms with Crippen molar-refractivity contribution in [1.82, 2.24) is 0 Å². The van der Waals surface area contributed by atoms with E-state index in [2.05, 4.69) is 36.2 Å². The van der Waals surface area contributed by atoms with Crippen molar-refractivity contribution in [3.63, 3.8) is 0 Å². The summed E-state index contributed by atoms with van der Waals surface area (Å²) in [5, 5.41) is 0. The highest BCUT2D eigenvalue weighted by Crippen LogP contribution is 2.30. The number of alkyl halides is 1. The fraction of sp³-hybridized carbons (Fsp3) is 0.600. The third-order valence-electron chi connectivity index (χ3n) is 4.30. The van der Waals surface area contributed by atoms with Crippen LogP contribution < -0.4 is 0 Å². The molecule has 24 heavy (non-hydrogen) atoms. The van der Waals surface area contributed by atoms with Crippen LogP contribution in [0.2, 0.25) is 0 Å². The molecule has 0 bridgehead atoms. The van der Waals surface area contributed by atoms with Crippen LogP contribution in [0.4, 0.5) is 4.39 Å². The second-order valence-corrected chi connectivity index (χ2v) is 6.27. The zero-order valence-electron chi connectivity index (χ0n) is 15.3. The SMILES string of the molecule is CCCC(CC(c1ccc(C)cc1)C(C)C(=O)OC)=NCCCF. The highest BCUT2D eigenvalue weighted by atomic mass is 19.1. The lowest BCUT2D eigenvalue weighted by Crippen LogP contribution is -2.23. The van der Waals surface area contributed by atoms with E-state index >= 15 is 0 Å². The molecule has 0 radical (unpaired) electrons. The van der Waals surface area contributed by atoms with Crippen LogP contribution in [0.5, 0.6) is 0 Å². The van der Waals surface area contributed by atoms with E-state index in [1.54, 1.807) is 0 Å². The Morgan fingerprint density at radius 3 is 2.50 bits per heavy atom. The molecule has 0 aliphatic rings. The third kappa shape index (κ3) is 6.42. The molecule has 3 nitrogen and oxygen atoms in total. The van der Waals surface area contributed by atoms with E-state index < -0.39 is 0 Å². The Bertz CT molecular complexity index is 525. The molecule has 134 valence electrons. The Labute approximate surface area is 145 Å². The predicted molar refractivity (Wildman–Crippen MR) is 97.5 cm³/mol. The summed E-state index contributed by atoms with van der Waals surface area (Å²) in [7, 11) is 1.42. The lowest BCUT2D eigenvalue weighted by molar-refractivity contribution is -0.145. The van der Waals surface area contributed by atoms with Crippen molar-refractivity contribution in [3.8, 4) is 0 Å².